The lowest BCUT2D eigenvalue weighted by Crippen LogP contribution is -2.64. The average molecular weight is 763 g/mol. The summed E-state index contributed by atoms with van der Waals surface area (Å²) >= 11 is 0. The van der Waals surface area contributed by atoms with Crippen LogP contribution in [-0.4, -0.2) is 102 Å². The number of rotatable bonds is 13. The summed E-state index contributed by atoms with van der Waals surface area (Å²) in [5.41, 5.74) is 0.324. The van der Waals surface area contributed by atoms with E-state index in [1.54, 1.807) is 30.3 Å². The van der Waals surface area contributed by atoms with E-state index in [2.05, 4.69) is 21.2 Å². The van der Waals surface area contributed by atoms with Crippen LogP contribution in [0.1, 0.15) is 60.9 Å². The Hall–Kier alpha value is -3.87. The van der Waals surface area contributed by atoms with E-state index in [0.29, 0.717) is 13.0 Å². The Kier molecular flexibility index (Phi) is 11.2. The number of carbonyl (C=O) groups is 2. The Balaban J connectivity index is 1.02. The summed E-state index contributed by atoms with van der Waals surface area (Å²) in [5.74, 6) is -0.144. The summed E-state index contributed by atoms with van der Waals surface area (Å²) in [6.07, 6.45) is 6.26. The van der Waals surface area contributed by atoms with Gasteiger partial charge in [0.15, 0.2) is 5.67 Å². The number of likely N-dealkylation sites (tertiary alicyclic amines) is 2. The van der Waals surface area contributed by atoms with Crippen molar-refractivity contribution in [3.8, 4) is 0 Å². The molecule has 4 fully saturated rings. The fraction of sp³-hybridized carbons (Fsp3) is 0.524. The van der Waals surface area contributed by atoms with Crippen molar-refractivity contribution in [2.45, 2.75) is 65.8 Å². The third-order valence-electron chi connectivity index (χ3n) is 12.7. The molecule has 3 aromatic rings. The number of nitrogens with one attached hydrogen (secondary N) is 1. The zero-order chi connectivity index (χ0) is 38.1. The molecule has 1 N–H and O–H groups in total. The van der Waals surface area contributed by atoms with E-state index < -0.39 is 15.5 Å². The second-order valence-electron chi connectivity index (χ2n) is 15.9. The molecule has 0 bridgehead atoms. The van der Waals surface area contributed by atoms with Gasteiger partial charge in [-0.25, -0.2) is 17.2 Å². The van der Waals surface area contributed by atoms with Gasteiger partial charge in [-0.1, -0.05) is 24.6 Å². The number of hydrogen-bond acceptors (Lipinski definition) is 8. The normalized spacial score (nSPS) is 23.2. The largest absolute Gasteiger partial charge is 0.469 e. The van der Waals surface area contributed by atoms with Gasteiger partial charge < -0.3 is 19.9 Å². The second-order valence-corrected chi connectivity index (χ2v) is 17.9. The molecule has 3 aliphatic heterocycles. The predicted octanol–water partition coefficient (Wildman–Crippen LogP) is 5.88. The van der Waals surface area contributed by atoms with Crippen LogP contribution in [0.3, 0.4) is 0 Å². The van der Waals surface area contributed by atoms with Crippen molar-refractivity contribution in [3.63, 3.8) is 0 Å². The number of ether oxygens (including phenoxy) is 1. The highest BCUT2D eigenvalue weighted by Crippen LogP contribution is 2.54. The van der Waals surface area contributed by atoms with Crippen molar-refractivity contribution in [2.75, 3.05) is 71.4 Å². The lowest BCUT2D eigenvalue weighted by atomic mass is 9.56. The number of anilines is 1. The fourth-order valence-electron chi connectivity index (χ4n) is 9.88. The molecule has 9 nitrogen and oxygen atoms in total. The van der Waals surface area contributed by atoms with Gasteiger partial charge in [-0.15, -0.1) is 0 Å². The van der Waals surface area contributed by atoms with Gasteiger partial charge in [0.2, 0.25) is 9.84 Å². The highest BCUT2D eigenvalue weighted by Gasteiger charge is 2.53. The number of benzene rings is 3. The first-order valence-electron chi connectivity index (χ1n) is 19.3. The monoisotopic (exact) mass is 762 g/mol. The summed E-state index contributed by atoms with van der Waals surface area (Å²) in [5, 5.41) is 2.51. The van der Waals surface area contributed by atoms with Crippen LogP contribution >= 0.6 is 0 Å². The van der Waals surface area contributed by atoms with Crippen molar-refractivity contribution in [2.24, 2.45) is 17.8 Å². The number of piperidine rings is 1. The number of esters is 1. The van der Waals surface area contributed by atoms with Crippen LogP contribution in [0.15, 0.2) is 82.6 Å². The first-order chi connectivity index (χ1) is 25.9. The van der Waals surface area contributed by atoms with Crippen LogP contribution < -0.4 is 10.2 Å². The van der Waals surface area contributed by atoms with Crippen molar-refractivity contribution in [1.29, 1.82) is 0 Å². The molecule has 0 aromatic heterocycles. The van der Waals surface area contributed by atoms with Gasteiger partial charge in [-0.3, -0.25) is 14.5 Å². The summed E-state index contributed by atoms with van der Waals surface area (Å²) in [6, 6.07) is 19.6. The first-order valence-corrected chi connectivity index (χ1v) is 20.8. The smallest absolute Gasteiger partial charge is 0.305 e. The fourth-order valence-corrected chi connectivity index (χ4v) is 11.2. The molecule has 3 heterocycles. The molecule has 3 aromatic carbocycles. The standard InChI is InChI=1S/C42H52F2N4O5S/c1-45-40(50)31-8-3-11-37(23-31)54(51,52)36-15-13-35(14-16-36)48-27-41(44,28-48)26-47-21-17-32(18-22-47)42(29-46-19-6-20-46,33-9-5-10-34(43)25-33)38-12-4-7-30(38)24-39(49)53-2/h3,5,8-11,13-16,23,25,30,32,38H,4,6-7,12,17-22,24,26-29H2,1-2H3,(H,45,50)/t30-,38+,42+/m1/s1. The molecule has 0 radical (unpaired) electrons. The van der Waals surface area contributed by atoms with Crippen LogP contribution in [0, 0.1) is 23.6 Å². The maximum Gasteiger partial charge on any atom is 0.305 e. The molecule has 0 spiro atoms. The van der Waals surface area contributed by atoms with E-state index in [4.69, 9.17) is 4.74 Å². The lowest BCUT2D eigenvalue weighted by Gasteiger charge is -2.54. The van der Waals surface area contributed by atoms with Crippen molar-refractivity contribution in [1.82, 2.24) is 15.1 Å². The third-order valence-corrected chi connectivity index (χ3v) is 14.5. The van der Waals surface area contributed by atoms with E-state index in [1.807, 2.05) is 11.0 Å². The molecule has 3 saturated heterocycles. The zero-order valence-corrected chi connectivity index (χ0v) is 32.1. The number of alkyl halides is 1. The Morgan fingerprint density at radius 3 is 2.26 bits per heavy atom. The molecule has 54 heavy (non-hydrogen) atoms. The Bertz CT molecular complexity index is 1930. The predicted molar refractivity (Wildman–Crippen MR) is 204 cm³/mol. The molecule has 4 aliphatic rings. The highest BCUT2D eigenvalue weighted by molar-refractivity contribution is 7.91. The molecule has 290 valence electrons. The first kappa shape index (κ1) is 38.4. The van der Waals surface area contributed by atoms with E-state index in [0.717, 1.165) is 82.5 Å². The van der Waals surface area contributed by atoms with Gasteiger partial charge in [0.05, 0.1) is 30.0 Å². The summed E-state index contributed by atoms with van der Waals surface area (Å²) in [7, 11) is -0.915. The summed E-state index contributed by atoms with van der Waals surface area (Å²) < 4.78 is 63.1. The van der Waals surface area contributed by atoms with Crippen LogP contribution in [0.5, 0.6) is 0 Å². The van der Waals surface area contributed by atoms with E-state index in [-0.39, 0.29) is 69.3 Å². The molecule has 7 rings (SSSR count). The SMILES string of the molecule is CNC(=O)c1cccc(S(=O)(=O)c2ccc(N3CC(F)(CN4CCC([C@@](CN5CCC5)(c5cccc(F)c5)[C@H]5CCC[C@@H]5CC(=O)OC)CC4)C3)cc2)c1. The zero-order valence-electron chi connectivity index (χ0n) is 31.3. The van der Waals surface area contributed by atoms with Gasteiger partial charge >= 0.3 is 5.97 Å². The van der Waals surface area contributed by atoms with Gasteiger partial charge in [0.25, 0.3) is 5.91 Å². The Morgan fingerprint density at radius 2 is 1.61 bits per heavy atom. The molecular formula is C42H52F2N4O5S. The van der Waals surface area contributed by atoms with Gasteiger partial charge in [-0.05, 0) is 136 Å². The van der Waals surface area contributed by atoms with Crippen molar-refractivity contribution < 1.29 is 31.5 Å². The van der Waals surface area contributed by atoms with Crippen molar-refractivity contribution in [3.05, 3.63) is 89.7 Å². The third kappa shape index (κ3) is 7.66. The van der Waals surface area contributed by atoms with Crippen molar-refractivity contribution >= 4 is 27.4 Å². The quantitative estimate of drug-likeness (QED) is 0.216. The Morgan fingerprint density at radius 1 is 0.889 bits per heavy atom. The van der Waals surface area contributed by atoms with Gasteiger partial charge in [0, 0.05) is 43.2 Å². The van der Waals surface area contributed by atoms with Crippen LogP contribution in [0.2, 0.25) is 0 Å². The van der Waals surface area contributed by atoms with Gasteiger partial charge in [0.1, 0.15) is 5.82 Å². The van der Waals surface area contributed by atoms with E-state index in [9.17, 15) is 18.0 Å². The minimum absolute atomic E-state index is 0.0322. The number of nitrogens with zero attached hydrogens (tertiary/aromatic N) is 3. The number of methoxy groups -OCH3 is 1. The lowest BCUT2D eigenvalue weighted by molar-refractivity contribution is -0.142. The molecule has 0 unspecified atom stereocenters. The molecule has 3 atom stereocenters. The van der Waals surface area contributed by atoms with Crippen LogP contribution in [0.25, 0.3) is 0 Å². The number of hydrogen-bond donors (Lipinski definition) is 1. The topological polar surface area (TPSA) is 99.3 Å². The number of halogens is 2. The Labute approximate surface area is 318 Å². The summed E-state index contributed by atoms with van der Waals surface area (Å²) in [6.45, 7) is 5.13. The average Bonchev–Trinajstić information content (AvgIpc) is 3.62. The van der Waals surface area contributed by atoms with E-state index in [1.165, 1.54) is 44.5 Å². The van der Waals surface area contributed by atoms with Gasteiger partial charge in [-0.2, -0.15) is 0 Å². The number of amides is 1. The molecule has 1 saturated carbocycles. The minimum atomic E-state index is -3.85. The minimum Gasteiger partial charge on any atom is -0.469 e. The maximum absolute atomic E-state index is 16.3. The summed E-state index contributed by atoms with van der Waals surface area (Å²) in [4.78, 5) is 31.4. The van der Waals surface area contributed by atoms with Crippen LogP contribution in [-0.2, 0) is 24.8 Å². The molecule has 1 amide bonds. The number of sulfone groups is 1. The number of carbonyl (C=O) groups excluding carboxylic acids is 2. The maximum atomic E-state index is 16.3. The highest BCUT2D eigenvalue weighted by atomic mass is 32.2. The van der Waals surface area contributed by atoms with Crippen LogP contribution in [0.4, 0.5) is 14.5 Å². The molecular weight excluding hydrogens is 711 g/mol. The van der Waals surface area contributed by atoms with E-state index >= 15 is 8.78 Å². The second kappa shape index (κ2) is 15.7. The molecule has 12 heteroatoms. The molecule has 1 aliphatic carbocycles.